The van der Waals surface area contributed by atoms with Crippen molar-refractivity contribution in [2.45, 2.75) is 37.9 Å². The zero-order chi connectivity index (χ0) is 24.5. The van der Waals surface area contributed by atoms with Gasteiger partial charge in [0.2, 0.25) is 15.5 Å². The Balaban J connectivity index is 1.52. The van der Waals surface area contributed by atoms with E-state index in [-0.39, 0.29) is 35.9 Å². The standard InChI is InChI=1S/C24H26N4O5S/c1-16-5-4-6-20(13-16)28-12-11-22(29)23(26-28)24(30)25-19-7-9-21(10-8-19)34(31,32)27-14-17(2)33-18(3)15-27/h4-13,17-18H,14-15H2,1-3H3,(H,25,30)/t17-,18+. The van der Waals surface area contributed by atoms with Crippen LogP contribution in [0.2, 0.25) is 0 Å². The van der Waals surface area contributed by atoms with Gasteiger partial charge in [0.25, 0.3) is 5.91 Å². The van der Waals surface area contributed by atoms with Gasteiger partial charge in [0, 0.05) is 31.0 Å². The van der Waals surface area contributed by atoms with E-state index >= 15 is 0 Å². The van der Waals surface area contributed by atoms with Crippen molar-refractivity contribution in [3.8, 4) is 5.69 Å². The molecule has 4 rings (SSSR count). The highest BCUT2D eigenvalue weighted by atomic mass is 32.2. The van der Waals surface area contributed by atoms with Crippen LogP contribution in [0.4, 0.5) is 5.69 Å². The molecule has 0 unspecified atom stereocenters. The number of carbonyl (C=O) groups excluding carboxylic acids is 1. The minimum absolute atomic E-state index is 0.117. The van der Waals surface area contributed by atoms with Gasteiger partial charge in [0.05, 0.1) is 22.8 Å². The van der Waals surface area contributed by atoms with Crippen molar-refractivity contribution in [1.82, 2.24) is 14.1 Å². The number of morpholine rings is 1. The molecule has 0 bridgehead atoms. The van der Waals surface area contributed by atoms with Crippen molar-refractivity contribution in [1.29, 1.82) is 0 Å². The largest absolute Gasteiger partial charge is 0.373 e. The minimum atomic E-state index is -3.70. The third kappa shape index (κ3) is 5.09. The van der Waals surface area contributed by atoms with Gasteiger partial charge in [0.1, 0.15) is 0 Å². The molecule has 1 saturated heterocycles. The topological polar surface area (TPSA) is 111 Å². The molecule has 1 aromatic heterocycles. The van der Waals surface area contributed by atoms with Gasteiger partial charge in [-0.15, -0.1) is 0 Å². The highest BCUT2D eigenvalue weighted by molar-refractivity contribution is 7.89. The molecule has 34 heavy (non-hydrogen) atoms. The lowest BCUT2D eigenvalue weighted by Crippen LogP contribution is -2.48. The molecule has 0 aliphatic carbocycles. The Hall–Kier alpha value is -3.34. The van der Waals surface area contributed by atoms with E-state index in [0.717, 1.165) is 11.3 Å². The molecule has 178 valence electrons. The number of amides is 1. The first-order valence-electron chi connectivity index (χ1n) is 10.9. The van der Waals surface area contributed by atoms with Crippen LogP contribution in [0.15, 0.2) is 70.5 Å². The molecule has 2 aromatic carbocycles. The molecule has 9 nitrogen and oxygen atoms in total. The molecular weight excluding hydrogens is 456 g/mol. The summed E-state index contributed by atoms with van der Waals surface area (Å²) in [5, 5.41) is 6.81. The molecule has 10 heteroatoms. The van der Waals surface area contributed by atoms with Gasteiger partial charge in [-0.25, -0.2) is 13.1 Å². The van der Waals surface area contributed by atoms with Crippen molar-refractivity contribution in [3.05, 3.63) is 82.3 Å². The summed E-state index contributed by atoms with van der Waals surface area (Å²) in [6.07, 6.45) is 1.11. The predicted octanol–water partition coefficient (Wildman–Crippen LogP) is 2.59. The highest BCUT2D eigenvalue weighted by Gasteiger charge is 2.32. The van der Waals surface area contributed by atoms with E-state index in [2.05, 4.69) is 10.4 Å². The zero-order valence-electron chi connectivity index (χ0n) is 19.1. The third-order valence-corrected chi connectivity index (χ3v) is 7.27. The number of carbonyl (C=O) groups is 1. The predicted molar refractivity (Wildman–Crippen MR) is 128 cm³/mol. The van der Waals surface area contributed by atoms with Crippen LogP contribution in [0, 0.1) is 6.92 Å². The molecule has 1 N–H and O–H groups in total. The van der Waals surface area contributed by atoms with Crippen molar-refractivity contribution < 1.29 is 17.9 Å². The molecule has 0 radical (unpaired) electrons. The summed E-state index contributed by atoms with van der Waals surface area (Å²) in [5.41, 5.74) is 1.29. The maximum Gasteiger partial charge on any atom is 0.280 e. The lowest BCUT2D eigenvalue weighted by atomic mass is 10.2. The van der Waals surface area contributed by atoms with Crippen LogP contribution in [0.1, 0.15) is 29.9 Å². The van der Waals surface area contributed by atoms with Crippen molar-refractivity contribution in [3.63, 3.8) is 0 Å². The Labute approximate surface area is 198 Å². The number of aryl methyl sites for hydroxylation is 1. The molecule has 1 aliphatic heterocycles. The summed E-state index contributed by atoms with van der Waals surface area (Å²) in [6.45, 7) is 6.16. The third-order valence-electron chi connectivity index (χ3n) is 5.43. The van der Waals surface area contributed by atoms with Crippen molar-refractivity contribution in [2.75, 3.05) is 18.4 Å². The monoisotopic (exact) mass is 482 g/mol. The van der Waals surface area contributed by atoms with E-state index in [4.69, 9.17) is 4.74 Å². The number of benzene rings is 2. The Morgan fingerprint density at radius 2 is 1.74 bits per heavy atom. The summed E-state index contributed by atoms with van der Waals surface area (Å²) in [7, 11) is -3.70. The Bertz CT molecular complexity index is 1360. The summed E-state index contributed by atoms with van der Waals surface area (Å²) in [6, 6.07) is 14.6. The molecule has 0 spiro atoms. The van der Waals surface area contributed by atoms with Gasteiger partial charge in [-0.3, -0.25) is 9.59 Å². The second-order valence-corrected chi connectivity index (χ2v) is 10.3. The van der Waals surface area contributed by atoms with Crippen LogP contribution in [-0.4, -0.2) is 53.7 Å². The molecule has 0 saturated carbocycles. The van der Waals surface area contributed by atoms with Crippen LogP contribution in [0.5, 0.6) is 0 Å². The molecule has 2 atom stereocenters. The fourth-order valence-corrected chi connectivity index (χ4v) is 5.45. The number of sulfonamides is 1. The SMILES string of the molecule is Cc1cccc(-n2ccc(=O)c(C(=O)Nc3ccc(S(=O)(=O)N4C[C@@H](C)O[C@@H](C)C4)cc3)n2)c1. The Morgan fingerprint density at radius 1 is 1.06 bits per heavy atom. The van der Waals surface area contributed by atoms with E-state index in [1.54, 1.807) is 0 Å². The maximum atomic E-state index is 13.0. The first-order chi connectivity index (χ1) is 16.1. The van der Waals surface area contributed by atoms with E-state index in [9.17, 15) is 18.0 Å². The second kappa shape index (κ2) is 9.49. The quantitative estimate of drug-likeness (QED) is 0.599. The average Bonchev–Trinajstić information content (AvgIpc) is 2.79. The summed E-state index contributed by atoms with van der Waals surface area (Å²) in [5.74, 6) is -0.682. The Morgan fingerprint density at radius 3 is 2.38 bits per heavy atom. The van der Waals surface area contributed by atoms with Crippen LogP contribution >= 0.6 is 0 Å². The van der Waals surface area contributed by atoms with Crippen LogP contribution in [0.25, 0.3) is 5.69 Å². The molecule has 3 aromatic rings. The first-order valence-corrected chi connectivity index (χ1v) is 12.3. The van der Waals surface area contributed by atoms with Gasteiger partial charge < -0.3 is 10.1 Å². The average molecular weight is 483 g/mol. The van der Waals surface area contributed by atoms with E-state index < -0.39 is 21.4 Å². The number of hydrogen-bond acceptors (Lipinski definition) is 6. The number of nitrogens with zero attached hydrogens (tertiary/aromatic N) is 3. The van der Waals surface area contributed by atoms with E-state index in [0.29, 0.717) is 5.69 Å². The molecule has 1 amide bonds. The normalized spacial score (nSPS) is 19.0. The van der Waals surface area contributed by atoms with Gasteiger partial charge >= 0.3 is 0 Å². The smallest absolute Gasteiger partial charge is 0.280 e. The molecule has 1 aliphatic rings. The Kier molecular flexibility index (Phi) is 6.65. The van der Waals surface area contributed by atoms with Crippen molar-refractivity contribution in [2.24, 2.45) is 0 Å². The number of rotatable bonds is 5. The summed E-state index contributed by atoms with van der Waals surface area (Å²) < 4.78 is 34.5. The summed E-state index contributed by atoms with van der Waals surface area (Å²) >= 11 is 0. The fraction of sp³-hybridized carbons (Fsp3) is 0.292. The van der Waals surface area contributed by atoms with Crippen LogP contribution < -0.4 is 10.7 Å². The minimum Gasteiger partial charge on any atom is -0.373 e. The molecular formula is C24H26N4O5S. The summed E-state index contributed by atoms with van der Waals surface area (Å²) in [4.78, 5) is 25.2. The fourth-order valence-electron chi connectivity index (χ4n) is 3.86. The van der Waals surface area contributed by atoms with Gasteiger partial charge in [-0.2, -0.15) is 9.40 Å². The lowest BCUT2D eigenvalue weighted by molar-refractivity contribution is -0.0440. The first kappa shape index (κ1) is 23.8. The van der Waals surface area contributed by atoms with Gasteiger partial charge in [-0.1, -0.05) is 12.1 Å². The second-order valence-electron chi connectivity index (χ2n) is 8.37. The van der Waals surface area contributed by atoms with Crippen LogP contribution in [-0.2, 0) is 14.8 Å². The number of nitrogens with one attached hydrogen (secondary N) is 1. The van der Waals surface area contributed by atoms with Gasteiger partial charge in [0.15, 0.2) is 5.69 Å². The van der Waals surface area contributed by atoms with E-state index in [1.807, 2.05) is 45.0 Å². The maximum absolute atomic E-state index is 13.0. The van der Waals surface area contributed by atoms with Crippen molar-refractivity contribution >= 4 is 21.6 Å². The number of anilines is 1. The number of hydrogen-bond donors (Lipinski definition) is 1. The van der Waals surface area contributed by atoms with E-state index in [1.165, 1.54) is 45.5 Å². The zero-order valence-corrected chi connectivity index (χ0v) is 20.0. The van der Waals surface area contributed by atoms with Gasteiger partial charge in [-0.05, 0) is 62.7 Å². The number of aromatic nitrogens is 2. The molecule has 2 heterocycles. The molecule has 1 fully saturated rings. The highest BCUT2D eigenvalue weighted by Crippen LogP contribution is 2.22. The number of ether oxygens (including phenoxy) is 1. The lowest BCUT2D eigenvalue weighted by Gasteiger charge is -2.34. The van der Waals surface area contributed by atoms with Crippen LogP contribution in [0.3, 0.4) is 0 Å².